The number of carbonyl (C=O) groups is 1. The van der Waals surface area contributed by atoms with Crippen LogP contribution in [0.25, 0.3) is 0 Å². The Kier molecular flexibility index (Phi) is 3.51. The standard InChI is InChI=1S/C15H17N3O/c1-15(2,11-6-4-3-5-7-11)14(19)18-13-9-8-12(16)10-17-13/h3-10H,16H2,1-2H3,(H,17,18,19). The van der Waals surface area contributed by atoms with E-state index in [-0.39, 0.29) is 5.91 Å². The van der Waals surface area contributed by atoms with Gasteiger partial charge in [0.25, 0.3) is 0 Å². The van der Waals surface area contributed by atoms with Crippen LogP contribution >= 0.6 is 0 Å². The molecule has 98 valence electrons. The molecule has 0 fully saturated rings. The SMILES string of the molecule is CC(C)(C(=O)Nc1ccc(N)cn1)c1ccccc1. The highest BCUT2D eigenvalue weighted by Crippen LogP contribution is 2.24. The summed E-state index contributed by atoms with van der Waals surface area (Å²) in [5.41, 5.74) is 6.47. The first kappa shape index (κ1) is 13.1. The predicted octanol–water partition coefficient (Wildman–Crippen LogP) is 2.58. The van der Waals surface area contributed by atoms with Gasteiger partial charge in [-0.15, -0.1) is 0 Å². The van der Waals surface area contributed by atoms with Crippen LogP contribution in [0.1, 0.15) is 19.4 Å². The number of amides is 1. The van der Waals surface area contributed by atoms with E-state index in [2.05, 4.69) is 10.3 Å². The smallest absolute Gasteiger partial charge is 0.235 e. The third-order valence-corrected chi connectivity index (χ3v) is 3.09. The Hall–Kier alpha value is -2.36. The first-order valence-corrected chi connectivity index (χ1v) is 6.08. The summed E-state index contributed by atoms with van der Waals surface area (Å²) in [6.07, 6.45) is 1.52. The van der Waals surface area contributed by atoms with E-state index in [4.69, 9.17) is 5.73 Å². The molecule has 1 aromatic carbocycles. The number of pyridine rings is 1. The molecule has 0 unspecified atom stereocenters. The van der Waals surface area contributed by atoms with Crippen molar-refractivity contribution in [2.24, 2.45) is 0 Å². The molecule has 2 aromatic rings. The number of nitrogen functional groups attached to an aromatic ring is 1. The molecule has 1 heterocycles. The van der Waals surface area contributed by atoms with Gasteiger partial charge in [0, 0.05) is 0 Å². The van der Waals surface area contributed by atoms with Crippen LogP contribution in [0.5, 0.6) is 0 Å². The number of hydrogen-bond donors (Lipinski definition) is 2. The first-order valence-electron chi connectivity index (χ1n) is 6.08. The van der Waals surface area contributed by atoms with Crippen molar-refractivity contribution in [3.63, 3.8) is 0 Å². The summed E-state index contributed by atoms with van der Waals surface area (Å²) in [6, 6.07) is 13.1. The van der Waals surface area contributed by atoms with Gasteiger partial charge in [0.2, 0.25) is 5.91 Å². The molecule has 0 saturated heterocycles. The zero-order valence-electron chi connectivity index (χ0n) is 11.1. The second kappa shape index (κ2) is 5.10. The Labute approximate surface area is 112 Å². The summed E-state index contributed by atoms with van der Waals surface area (Å²) >= 11 is 0. The van der Waals surface area contributed by atoms with Gasteiger partial charge in [-0.25, -0.2) is 4.98 Å². The zero-order valence-corrected chi connectivity index (χ0v) is 11.1. The molecular formula is C15H17N3O. The number of hydrogen-bond acceptors (Lipinski definition) is 3. The van der Waals surface area contributed by atoms with Crippen LogP contribution in [0.4, 0.5) is 11.5 Å². The maximum Gasteiger partial charge on any atom is 0.235 e. The van der Waals surface area contributed by atoms with Crippen LogP contribution < -0.4 is 11.1 Å². The van der Waals surface area contributed by atoms with E-state index in [1.165, 1.54) is 6.20 Å². The lowest BCUT2D eigenvalue weighted by Gasteiger charge is -2.23. The highest BCUT2D eigenvalue weighted by atomic mass is 16.2. The lowest BCUT2D eigenvalue weighted by molar-refractivity contribution is -0.120. The van der Waals surface area contributed by atoms with Gasteiger partial charge in [0.1, 0.15) is 5.82 Å². The molecule has 2 rings (SSSR count). The van der Waals surface area contributed by atoms with E-state index < -0.39 is 5.41 Å². The molecule has 0 aliphatic heterocycles. The van der Waals surface area contributed by atoms with E-state index in [0.717, 1.165) is 5.56 Å². The summed E-state index contributed by atoms with van der Waals surface area (Å²) in [7, 11) is 0. The van der Waals surface area contributed by atoms with E-state index >= 15 is 0 Å². The summed E-state index contributed by atoms with van der Waals surface area (Å²) in [5, 5.41) is 2.80. The third-order valence-electron chi connectivity index (χ3n) is 3.09. The quantitative estimate of drug-likeness (QED) is 0.885. The van der Waals surface area contributed by atoms with Gasteiger partial charge in [-0.3, -0.25) is 4.79 Å². The molecule has 4 heteroatoms. The van der Waals surface area contributed by atoms with Gasteiger partial charge in [0.15, 0.2) is 0 Å². The number of aromatic nitrogens is 1. The number of nitrogens with one attached hydrogen (secondary N) is 1. The molecule has 3 N–H and O–H groups in total. The van der Waals surface area contributed by atoms with Crippen LogP contribution in [-0.2, 0) is 10.2 Å². The van der Waals surface area contributed by atoms with Crippen molar-refractivity contribution in [2.45, 2.75) is 19.3 Å². The van der Waals surface area contributed by atoms with Gasteiger partial charge in [-0.05, 0) is 31.5 Å². The normalized spacial score (nSPS) is 11.1. The Morgan fingerprint density at radius 2 is 1.84 bits per heavy atom. The molecule has 4 nitrogen and oxygen atoms in total. The summed E-state index contributed by atoms with van der Waals surface area (Å²) in [6.45, 7) is 3.77. The molecule has 0 aliphatic rings. The molecule has 0 spiro atoms. The lowest BCUT2D eigenvalue weighted by atomic mass is 9.84. The Morgan fingerprint density at radius 3 is 2.42 bits per heavy atom. The molecule has 19 heavy (non-hydrogen) atoms. The van der Waals surface area contributed by atoms with Gasteiger partial charge in [-0.1, -0.05) is 30.3 Å². The van der Waals surface area contributed by atoms with Gasteiger partial charge in [0.05, 0.1) is 17.3 Å². The van der Waals surface area contributed by atoms with Crippen LogP contribution in [-0.4, -0.2) is 10.9 Å². The van der Waals surface area contributed by atoms with Crippen molar-refractivity contribution < 1.29 is 4.79 Å². The van der Waals surface area contributed by atoms with E-state index in [1.807, 2.05) is 44.2 Å². The van der Waals surface area contributed by atoms with E-state index in [9.17, 15) is 4.79 Å². The maximum absolute atomic E-state index is 12.3. The minimum absolute atomic E-state index is 0.101. The minimum Gasteiger partial charge on any atom is -0.397 e. The molecule has 1 aromatic heterocycles. The number of nitrogens with two attached hydrogens (primary N) is 1. The van der Waals surface area contributed by atoms with Crippen molar-refractivity contribution in [1.82, 2.24) is 4.98 Å². The Balaban J connectivity index is 2.17. The number of anilines is 2. The number of rotatable bonds is 3. The van der Waals surface area contributed by atoms with E-state index in [1.54, 1.807) is 12.1 Å². The summed E-state index contributed by atoms with van der Waals surface area (Å²) < 4.78 is 0. The number of carbonyl (C=O) groups excluding carboxylic acids is 1. The predicted molar refractivity (Wildman–Crippen MR) is 76.7 cm³/mol. The molecule has 0 saturated carbocycles. The van der Waals surface area contributed by atoms with Crippen molar-refractivity contribution in [1.29, 1.82) is 0 Å². The highest BCUT2D eigenvalue weighted by Gasteiger charge is 2.29. The van der Waals surface area contributed by atoms with Crippen molar-refractivity contribution in [3.8, 4) is 0 Å². The first-order chi connectivity index (χ1) is 9.00. The van der Waals surface area contributed by atoms with E-state index in [0.29, 0.717) is 11.5 Å². The van der Waals surface area contributed by atoms with Crippen LogP contribution in [0.2, 0.25) is 0 Å². The minimum atomic E-state index is -0.621. The lowest BCUT2D eigenvalue weighted by Crippen LogP contribution is -2.34. The largest absolute Gasteiger partial charge is 0.397 e. The zero-order chi connectivity index (χ0) is 13.9. The number of benzene rings is 1. The van der Waals surface area contributed by atoms with Gasteiger partial charge in [-0.2, -0.15) is 0 Å². The van der Waals surface area contributed by atoms with Crippen LogP contribution in [0, 0.1) is 0 Å². The maximum atomic E-state index is 12.3. The fourth-order valence-electron chi connectivity index (χ4n) is 1.74. The topological polar surface area (TPSA) is 68.0 Å². The molecule has 1 amide bonds. The van der Waals surface area contributed by atoms with Gasteiger partial charge >= 0.3 is 0 Å². The third kappa shape index (κ3) is 2.91. The molecule has 0 aliphatic carbocycles. The molecule has 0 bridgehead atoms. The molecule has 0 atom stereocenters. The van der Waals surface area contributed by atoms with Crippen LogP contribution in [0.15, 0.2) is 48.7 Å². The summed E-state index contributed by atoms with van der Waals surface area (Å²) in [4.78, 5) is 16.4. The molecular weight excluding hydrogens is 238 g/mol. The van der Waals surface area contributed by atoms with Crippen molar-refractivity contribution in [3.05, 3.63) is 54.2 Å². The van der Waals surface area contributed by atoms with Crippen molar-refractivity contribution >= 4 is 17.4 Å². The van der Waals surface area contributed by atoms with Gasteiger partial charge < -0.3 is 11.1 Å². The van der Waals surface area contributed by atoms with Crippen molar-refractivity contribution in [2.75, 3.05) is 11.1 Å². The molecule has 0 radical (unpaired) electrons. The average molecular weight is 255 g/mol. The Morgan fingerprint density at radius 1 is 1.16 bits per heavy atom. The fourth-order valence-corrected chi connectivity index (χ4v) is 1.74. The Bertz CT molecular complexity index is 562. The highest BCUT2D eigenvalue weighted by molar-refractivity contribution is 5.97. The second-order valence-corrected chi connectivity index (χ2v) is 4.92. The monoisotopic (exact) mass is 255 g/mol. The second-order valence-electron chi connectivity index (χ2n) is 4.92. The van der Waals surface area contributed by atoms with Crippen LogP contribution in [0.3, 0.4) is 0 Å². The fraction of sp³-hybridized carbons (Fsp3) is 0.200. The average Bonchev–Trinajstić information content (AvgIpc) is 2.42. The summed E-state index contributed by atoms with van der Waals surface area (Å²) in [5.74, 6) is 0.402. The number of nitrogens with zero attached hydrogens (tertiary/aromatic N) is 1.